The number of nitrogens with one attached hydrogen (secondary N) is 2. The van der Waals surface area contributed by atoms with E-state index in [-0.39, 0.29) is 23.3 Å². The van der Waals surface area contributed by atoms with Gasteiger partial charge in [0.1, 0.15) is 5.00 Å². The molecule has 0 bridgehead atoms. The van der Waals surface area contributed by atoms with E-state index in [9.17, 15) is 14.4 Å². The van der Waals surface area contributed by atoms with Crippen LogP contribution in [0.1, 0.15) is 49.6 Å². The monoisotopic (exact) mass is 386 g/mol. The zero-order chi connectivity index (χ0) is 19.7. The number of hydrogen-bond acceptors (Lipinski definition) is 5. The van der Waals surface area contributed by atoms with Crippen molar-refractivity contribution in [1.82, 2.24) is 0 Å². The van der Waals surface area contributed by atoms with Crippen LogP contribution in [0.4, 0.5) is 10.7 Å². The molecule has 0 radical (unpaired) electrons. The molecule has 0 unspecified atom stereocenters. The van der Waals surface area contributed by atoms with Crippen LogP contribution >= 0.6 is 11.3 Å². The zero-order valence-electron chi connectivity index (χ0n) is 15.8. The van der Waals surface area contributed by atoms with Crippen molar-refractivity contribution >= 4 is 39.8 Å². The Morgan fingerprint density at radius 2 is 1.78 bits per heavy atom. The van der Waals surface area contributed by atoms with Crippen LogP contribution in [0.5, 0.6) is 0 Å². The van der Waals surface area contributed by atoms with Gasteiger partial charge in [-0.15, -0.1) is 11.3 Å². The molecule has 142 valence electrons. The van der Waals surface area contributed by atoms with Crippen molar-refractivity contribution in [3.8, 4) is 0 Å². The molecule has 3 rings (SSSR count). The van der Waals surface area contributed by atoms with Gasteiger partial charge in [0.2, 0.25) is 5.91 Å². The number of benzene rings is 1. The molecule has 27 heavy (non-hydrogen) atoms. The van der Waals surface area contributed by atoms with Crippen LogP contribution in [0.25, 0.3) is 0 Å². The summed E-state index contributed by atoms with van der Waals surface area (Å²) in [6.07, 6.45) is 1.70. The van der Waals surface area contributed by atoms with E-state index in [0.717, 1.165) is 41.0 Å². The maximum atomic E-state index is 12.8. The highest BCUT2D eigenvalue weighted by molar-refractivity contribution is 7.19. The first-order chi connectivity index (χ1) is 12.8. The Morgan fingerprint density at radius 3 is 2.41 bits per heavy atom. The lowest BCUT2D eigenvalue weighted by Gasteiger charge is -2.10. The maximum Gasteiger partial charge on any atom is 0.341 e. The van der Waals surface area contributed by atoms with Crippen molar-refractivity contribution in [2.75, 3.05) is 17.7 Å². The lowest BCUT2D eigenvalue weighted by atomic mass is 10.1. The Labute approximate surface area is 161 Å². The smallest absolute Gasteiger partial charge is 0.341 e. The Morgan fingerprint density at radius 1 is 1.07 bits per heavy atom. The van der Waals surface area contributed by atoms with Gasteiger partial charge in [0.15, 0.2) is 0 Å². The fraction of sp³-hybridized carbons (Fsp3) is 0.350. The van der Waals surface area contributed by atoms with Gasteiger partial charge in [-0.1, -0.05) is 12.1 Å². The van der Waals surface area contributed by atoms with Crippen molar-refractivity contribution in [1.29, 1.82) is 0 Å². The fourth-order valence-electron chi connectivity index (χ4n) is 2.79. The molecule has 6 nitrogen and oxygen atoms in total. The van der Waals surface area contributed by atoms with Crippen LogP contribution < -0.4 is 10.6 Å². The van der Waals surface area contributed by atoms with Gasteiger partial charge in [0.25, 0.3) is 5.91 Å². The van der Waals surface area contributed by atoms with Crippen molar-refractivity contribution in [2.24, 2.45) is 5.92 Å². The molecule has 1 aromatic carbocycles. The number of carbonyl (C=O) groups excluding carboxylic acids is 3. The fourth-order valence-corrected chi connectivity index (χ4v) is 3.88. The van der Waals surface area contributed by atoms with Crippen molar-refractivity contribution in [3.05, 3.63) is 45.3 Å². The second-order valence-electron chi connectivity index (χ2n) is 6.72. The summed E-state index contributed by atoms with van der Waals surface area (Å²) in [6.45, 7) is 5.60. The number of carbonyl (C=O) groups is 3. The number of thiophene rings is 1. The van der Waals surface area contributed by atoms with E-state index in [1.165, 1.54) is 7.11 Å². The van der Waals surface area contributed by atoms with E-state index in [2.05, 4.69) is 10.6 Å². The van der Waals surface area contributed by atoms with E-state index in [1.807, 2.05) is 32.0 Å². The van der Waals surface area contributed by atoms with Crippen LogP contribution in [0.2, 0.25) is 0 Å². The van der Waals surface area contributed by atoms with Gasteiger partial charge in [-0.05, 0) is 56.4 Å². The SMILES string of the molecule is COC(=O)c1c(NC(=O)C2CC2)sc(C(=O)Nc2cccc(C)c2C)c1C. The van der Waals surface area contributed by atoms with E-state index in [0.29, 0.717) is 15.4 Å². The van der Waals surface area contributed by atoms with Crippen LogP contribution in [0.15, 0.2) is 18.2 Å². The molecule has 1 saturated carbocycles. The molecule has 7 heteroatoms. The molecule has 0 saturated heterocycles. The van der Waals surface area contributed by atoms with Gasteiger partial charge in [-0.25, -0.2) is 4.79 Å². The lowest BCUT2D eigenvalue weighted by molar-refractivity contribution is -0.117. The second kappa shape index (κ2) is 7.52. The Bertz CT molecular complexity index is 928. The molecule has 0 aliphatic heterocycles. The van der Waals surface area contributed by atoms with E-state index < -0.39 is 5.97 Å². The Kier molecular flexibility index (Phi) is 5.32. The summed E-state index contributed by atoms with van der Waals surface area (Å²) in [6, 6.07) is 5.68. The third kappa shape index (κ3) is 3.88. The number of aryl methyl sites for hydroxylation is 1. The highest BCUT2D eigenvalue weighted by Crippen LogP contribution is 2.37. The summed E-state index contributed by atoms with van der Waals surface area (Å²) in [7, 11) is 1.28. The van der Waals surface area contributed by atoms with E-state index in [1.54, 1.807) is 6.92 Å². The standard InChI is InChI=1S/C20H22N2O4S/c1-10-6-5-7-14(11(10)2)21-18(24)16-12(3)15(20(25)26-4)19(27-16)22-17(23)13-8-9-13/h5-7,13H,8-9H2,1-4H3,(H,21,24)(H,22,23). The second-order valence-corrected chi connectivity index (χ2v) is 7.74. The number of methoxy groups -OCH3 is 1. The van der Waals surface area contributed by atoms with Crippen molar-refractivity contribution in [3.63, 3.8) is 0 Å². The summed E-state index contributed by atoms with van der Waals surface area (Å²) in [5, 5.41) is 6.05. The highest BCUT2D eigenvalue weighted by Gasteiger charge is 2.32. The Balaban J connectivity index is 1.93. The summed E-state index contributed by atoms with van der Waals surface area (Å²) in [4.78, 5) is 37.6. The first-order valence-corrected chi connectivity index (χ1v) is 9.55. The lowest BCUT2D eigenvalue weighted by Crippen LogP contribution is -2.15. The molecular formula is C20H22N2O4S. The van der Waals surface area contributed by atoms with Crippen molar-refractivity contribution < 1.29 is 19.1 Å². The molecule has 0 atom stereocenters. The average molecular weight is 386 g/mol. The molecule has 1 aliphatic rings. The summed E-state index contributed by atoms with van der Waals surface area (Å²) in [5.74, 6) is -1.02. The molecule has 1 aliphatic carbocycles. The number of amides is 2. The zero-order valence-corrected chi connectivity index (χ0v) is 16.6. The molecule has 1 heterocycles. The largest absolute Gasteiger partial charge is 0.465 e. The molecular weight excluding hydrogens is 364 g/mol. The van der Waals surface area contributed by atoms with Gasteiger partial charge in [-0.2, -0.15) is 0 Å². The first-order valence-electron chi connectivity index (χ1n) is 8.73. The Hall–Kier alpha value is -2.67. The molecule has 2 aromatic rings. The first kappa shape index (κ1) is 19.1. The molecule has 0 spiro atoms. The van der Waals surface area contributed by atoms with E-state index in [4.69, 9.17) is 4.74 Å². The van der Waals surface area contributed by atoms with Gasteiger partial charge >= 0.3 is 5.97 Å². The van der Waals surface area contributed by atoms with Crippen LogP contribution in [-0.2, 0) is 9.53 Å². The van der Waals surface area contributed by atoms with Gasteiger partial charge in [0, 0.05) is 11.6 Å². The van der Waals surface area contributed by atoms with Gasteiger partial charge < -0.3 is 15.4 Å². The molecule has 1 aromatic heterocycles. The van der Waals surface area contributed by atoms with Gasteiger partial charge in [0.05, 0.1) is 17.6 Å². The summed E-state index contributed by atoms with van der Waals surface area (Å²) in [5.41, 5.74) is 3.51. The van der Waals surface area contributed by atoms with Crippen LogP contribution in [0, 0.1) is 26.7 Å². The highest BCUT2D eigenvalue weighted by atomic mass is 32.1. The predicted octanol–water partition coefficient (Wildman–Crippen LogP) is 4.06. The third-order valence-electron chi connectivity index (χ3n) is 4.78. The average Bonchev–Trinajstić information content (AvgIpc) is 3.43. The summed E-state index contributed by atoms with van der Waals surface area (Å²) >= 11 is 1.10. The quantitative estimate of drug-likeness (QED) is 0.759. The number of ether oxygens (including phenoxy) is 1. The van der Waals surface area contributed by atoms with E-state index >= 15 is 0 Å². The molecule has 2 N–H and O–H groups in total. The van der Waals surface area contributed by atoms with Crippen molar-refractivity contribution in [2.45, 2.75) is 33.6 Å². The number of anilines is 2. The predicted molar refractivity (Wildman–Crippen MR) is 106 cm³/mol. The van der Waals surface area contributed by atoms with Crippen LogP contribution in [-0.4, -0.2) is 24.9 Å². The third-order valence-corrected chi connectivity index (χ3v) is 5.99. The minimum absolute atomic E-state index is 0.00915. The maximum absolute atomic E-state index is 12.8. The topological polar surface area (TPSA) is 84.5 Å². The minimum Gasteiger partial charge on any atom is -0.465 e. The molecule has 2 amide bonds. The minimum atomic E-state index is -0.569. The number of rotatable bonds is 5. The normalized spacial score (nSPS) is 13.2. The van der Waals surface area contributed by atoms with Crippen LogP contribution in [0.3, 0.4) is 0 Å². The molecule has 1 fully saturated rings. The number of esters is 1. The summed E-state index contributed by atoms with van der Waals surface area (Å²) < 4.78 is 4.85. The van der Waals surface area contributed by atoms with Gasteiger partial charge in [-0.3, -0.25) is 9.59 Å². The number of hydrogen-bond donors (Lipinski definition) is 2.